The van der Waals surface area contributed by atoms with E-state index in [1.807, 2.05) is 11.8 Å². The van der Waals surface area contributed by atoms with E-state index in [2.05, 4.69) is 43.4 Å². The van der Waals surface area contributed by atoms with Crippen molar-refractivity contribution in [1.82, 2.24) is 5.32 Å². The molecule has 0 heterocycles. The first-order valence-corrected chi connectivity index (χ1v) is 7.27. The van der Waals surface area contributed by atoms with Gasteiger partial charge in [-0.25, -0.2) is 0 Å². The molecule has 1 N–H and O–H groups in total. The quantitative estimate of drug-likeness (QED) is 0.540. The van der Waals surface area contributed by atoms with Crippen LogP contribution >= 0.6 is 11.8 Å². The van der Waals surface area contributed by atoms with Crippen LogP contribution in [0.4, 0.5) is 0 Å². The minimum Gasteiger partial charge on any atom is -0.313 e. The SMILES string of the molecule is CCCCCSc1cccc(CNCC)c1. The standard InChI is InChI=1S/C14H23NS/c1-3-5-6-10-16-14-9-7-8-13(11-14)12-15-4-2/h7-9,11,15H,3-6,10,12H2,1-2H3. The largest absolute Gasteiger partial charge is 0.313 e. The first-order valence-electron chi connectivity index (χ1n) is 6.29. The fourth-order valence-electron chi connectivity index (χ4n) is 1.56. The van der Waals surface area contributed by atoms with Gasteiger partial charge >= 0.3 is 0 Å². The first-order chi connectivity index (χ1) is 7.86. The van der Waals surface area contributed by atoms with E-state index in [4.69, 9.17) is 0 Å². The molecule has 1 aromatic rings. The molecule has 0 atom stereocenters. The molecular weight excluding hydrogens is 214 g/mol. The molecule has 0 aliphatic carbocycles. The second kappa shape index (κ2) is 8.66. The van der Waals surface area contributed by atoms with Crippen LogP contribution in [0.3, 0.4) is 0 Å². The number of unbranched alkanes of at least 4 members (excludes halogenated alkanes) is 2. The molecule has 2 heteroatoms. The summed E-state index contributed by atoms with van der Waals surface area (Å²) in [5.74, 6) is 1.25. The summed E-state index contributed by atoms with van der Waals surface area (Å²) in [4.78, 5) is 1.41. The van der Waals surface area contributed by atoms with E-state index < -0.39 is 0 Å². The van der Waals surface area contributed by atoms with Gasteiger partial charge in [0.1, 0.15) is 0 Å². The molecule has 16 heavy (non-hydrogen) atoms. The van der Waals surface area contributed by atoms with Crippen LogP contribution in [0, 0.1) is 0 Å². The lowest BCUT2D eigenvalue weighted by Crippen LogP contribution is -2.11. The Morgan fingerprint density at radius 3 is 2.81 bits per heavy atom. The highest BCUT2D eigenvalue weighted by Crippen LogP contribution is 2.20. The Morgan fingerprint density at radius 1 is 1.19 bits per heavy atom. The smallest absolute Gasteiger partial charge is 0.0205 e. The molecule has 0 radical (unpaired) electrons. The lowest BCUT2D eigenvalue weighted by Gasteiger charge is -2.05. The molecule has 0 fully saturated rings. The van der Waals surface area contributed by atoms with E-state index in [-0.39, 0.29) is 0 Å². The maximum Gasteiger partial charge on any atom is 0.0205 e. The van der Waals surface area contributed by atoms with Gasteiger partial charge in [0.15, 0.2) is 0 Å². The highest BCUT2D eigenvalue weighted by molar-refractivity contribution is 7.99. The third-order valence-corrected chi connectivity index (χ3v) is 3.57. The second-order valence-electron chi connectivity index (χ2n) is 3.98. The van der Waals surface area contributed by atoms with E-state index in [0.29, 0.717) is 0 Å². The number of hydrogen-bond acceptors (Lipinski definition) is 2. The molecule has 1 rings (SSSR count). The summed E-state index contributed by atoms with van der Waals surface area (Å²) in [7, 11) is 0. The van der Waals surface area contributed by atoms with E-state index in [1.165, 1.54) is 35.5 Å². The third-order valence-electron chi connectivity index (χ3n) is 2.49. The van der Waals surface area contributed by atoms with Crippen LogP contribution in [0.25, 0.3) is 0 Å². The molecule has 0 amide bonds. The van der Waals surface area contributed by atoms with Gasteiger partial charge in [-0.1, -0.05) is 38.8 Å². The van der Waals surface area contributed by atoms with Crippen LogP contribution in [0.15, 0.2) is 29.2 Å². The van der Waals surface area contributed by atoms with Crippen molar-refractivity contribution in [1.29, 1.82) is 0 Å². The van der Waals surface area contributed by atoms with Crippen LogP contribution in [0.5, 0.6) is 0 Å². The maximum atomic E-state index is 3.36. The highest BCUT2D eigenvalue weighted by atomic mass is 32.2. The van der Waals surface area contributed by atoms with Gasteiger partial charge in [0, 0.05) is 11.4 Å². The summed E-state index contributed by atoms with van der Waals surface area (Å²) in [6.07, 6.45) is 3.99. The molecule has 0 unspecified atom stereocenters. The minimum absolute atomic E-state index is 0.986. The number of benzene rings is 1. The first kappa shape index (κ1) is 13.6. The van der Waals surface area contributed by atoms with Crippen LogP contribution in [-0.4, -0.2) is 12.3 Å². The van der Waals surface area contributed by atoms with Gasteiger partial charge in [-0.15, -0.1) is 11.8 Å². The molecule has 1 nitrogen and oxygen atoms in total. The van der Waals surface area contributed by atoms with Gasteiger partial charge in [-0.3, -0.25) is 0 Å². The summed E-state index contributed by atoms with van der Waals surface area (Å²) in [6.45, 7) is 6.42. The summed E-state index contributed by atoms with van der Waals surface area (Å²) < 4.78 is 0. The molecule has 0 bridgehead atoms. The van der Waals surface area contributed by atoms with Crippen molar-refractivity contribution in [3.63, 3.8) is 0 Å². The van der Waals surface area contributed by atoms with E-state index in [9.17, 15) is 0 Å². The lowest BCUT2D eigenvalue weighted by molar-refractivity contribution is 0.725. The fourth-order valence-corrected chi connectivity index (χ4v) is 2.55. The molecule has 0 saturated heterocycles. The summed E-state index contributed by atoms with van der Waals surface area (Å²) >= 11 is 1.98. The molecule has 0 aromatic heterocycles. The summed E-state index contributed by atoms with van der Waals surface area (Å²) in [5, 5.41) is 3.36. The van der Waals surface area contributed by atoms with Gasteiger partial charge in [-0.2, -0.15) is 0 Å². The Balaban J connectivity index is 2.35. The normalized spacial score (nSPS) is 10.6. The average Bonchev–Trinajstić information content (AvgIpc) is 2.33. The van der Waals surface area contributed by atoms with Gasteiger partial charge < -0.3 is 5.32 Å². The van der Waals surface area contributed by atoms with Crippen molar-refractivity contribution < 1.29 is 0 Å². The van der Waals surface area contributed by atoms with E-state index >= 15 is 0 Å². The van der Waals surface area contributed by atoms with Crippen LogP contribution in [0.1, 0.15) is 38.7 Å². The van der Waals surface area contributed by atoms with Crippen LogP contribution in [0.2, 0.25) is 0 Å². The van der Waals surface area contributed by atoms with Gasteiger partial charge in [0.25, 0.3) is 0 Å². The van der Waals surface area contributed by atoms with Crippen molar-refractivity contribution in [2.24, 2.45) is 0 Å². The predicted octanol–water partition coefficient (Wildman–Crippen LogP) is 4.08. The molecule has 0 spiro atoms. The van der Waals surface area contributed by atoms with Gasteiger partial charge in [0.2, 0.25) is 0 Å². The van der Waals surface area contributed by atoms with Crippen molar-refractivity contribution in [2.75, 3.05) is 12.3 Å². The lowest BCUT2D eigenvalue weighted by atomic mass is 10.2. The molecule has 0 saturated carbocycles. The number of hydrogen-bond donors (Lipinski definition) is 1. The monoisotopic (exact) mass is 237 g/mol. The third kappa shape index (κ3) is 5.57. The topological polar surface area (TPSA) is 12.0 Å². The van der Waals surface area contributed by atoms with Crippen LogP contribution < -0.4 is 5.32 Å². The second-order valence-corrected chi connectivity index (χ2v) is 5.15. The zero-order valence-corrected chi connectivity index (χ0v) is 11.3. The Bertz CT molecular complexity index is 286. The van der Waals surface area contributed by atoms with Gasteiger partial charge in [0.05, 0.1) is 0 Å². The minimum atomic E-state index is 0.986. The molecule has 1 aromatic carbocycles. The van der Waals surface area contributed by atoms with Crippen LogP contribution in [-0.2, 0) is 6.54 Å². The van der Waals surface area contributed by atoms with Gasteiger partial charge in [-0.05, 0) is 36.4 Å². The Hall–Kier alpha value is -0.470. The maximum absolute atomic E-state index is 3.36. The number of thioether (sulfide) groups is 1. The average molecular weight is 237 g/mol. The van der Waals surface area contributed by atoms with E-state index in [0.717, 1.165) is 13.1 Å². The molecule has 90 valence electrons. The Morgan fingerprint density at radius 2 is 2.06 bits per heavy atom. The highest BCUT2D eigenvalue weighted by Gasteiger charge is 1.96. The van der Waals surface area contributed by atoms with Crippen molar-refractivity contribution >= 4 is 11.8 Å². The molecule has 0 aliphatic heterocycles. The Kier molecular flexibility index (Phi) is 7.35. The summed E-state index contributed by atoms with van der Waals surface area (Å²) in [6, 6.07) is 8.87. The van der Waals surface area contributed by atoms with E-state index in [1.54, 1.807) is 0 Å². The summed E-state index contributed by atoms with van der Waals surface area (Å²) in [5.41, 5.74) is 1.39. The number of nitrogens with one attached hydrogen (secondary N) is 1. The molecule has 0 aliphatic rings. The fraction of sp³-hybridized carbons (Fsp3) is 0.571. The van der Waals surface area contributed by atoms with Crippen molar-refractivity contribution in [2.45, 2.75) is 44.6 Å². The Labute approximate surface area is 104 Å². The van der Waals surface area contributed by atoms with Crippen molar-refractivity contribution in [3.8, 4) is 0 Å². The number of rotatable bonds is 8. The van der Waals surface area contributed by atoms with Crippen molar-refractivity contribution in [3.05, 3.63) is 29.8 Å². The zero-order chi connectivity index (χ0) is 11.6. The zero-order valence-electron chi connectivity index (χ0n) is 10.5. The predicted molar refractivity (Wildman–Crippen MR) is 74.1 cm³/mol. The molecular formula is C14H23NS.